The molecule has 0 aliphatic heterocycles. The van der Waals surface area contributed by atoms with E-state index < -0.39 is 11.8 Å². The van der Waals surface area contributed by atoms with Crippen molar-refractivity contribution < 1.29 is 23.8 Å². The van der Waals surface area contributed by atoms with Crippen molar-refractivity contribution in [1.82, 2.24) is 0 Å². The maximum Gasteiger partial charge on any atom is 0.303 e. The fraction of sp³-hybridized carbons (Fsp3) is 0.562. The summed E-state index contributed by atoms with van der Waals surface area (Å²) in [7, 11) is 1.46. The van der Waals surface area contributed by atoms with E-state index in [-0.39, 0.29) is 24.4 Å². The van der Waals surface area contributed by atoms with Crippen LogP contribution in [0.5, 0.6) is 11.5 Å². The summed E-state index contributed by atoms with van der Waals surface area (Å²) in [4.78, 5) is 11.0. The highest BCUT2D eigenvalue weighted by atomic mass is 19.1. The van der Waals surface area contributed by atoms with E-state index in [4.69, 9.17) is 14.6 Å². The molecule has 5 heteroatoms. The number of benzene rings is 1. The van der Waals surface area contributed by atoms with Crippen LogP contribution in [-0.2, 0) is 4.79 Å². The zero-order valence-electron chi connectivity index (χ0n) is 12.6. The topological polar surface area (TPSA) is 55.8 Å². The molecule has 1 aliphatic carbocycles. The zero-order valence-corrected chi connectivity index (χ0v) is 12.6. The third-order valence-corrected chi connectivity index (χ3v) is 3.63. The molecule has 1 saturated carbocycles. The van der Waals surface area contributed by atoms with Crippen LogP contribution >= 0.6 is 0 Å². The van der Waals surface area contributed by atoms with E-state index in [0.29, 0.717) is 17.1 Å². The van der Waals surface area contributed by atoms with Crippen molar-refractivity contribution >= 4 is 5.97 Å². The van der Waals surface area contributed by atoms with Crippen molar-refractivity contribution in [3.63, 3.8) is 0 Å². The zero-order chi connectivity index (χ0) is 15.6. The van der Waals surface area contributed by atoms with E-state index >= 15 is 0 Å². The minimum Gasteiger partial charge on any atom is -0.493 e. The fourth-order valence-corrected chi connectivity index (χ4v) is 2.56. The van der Waals surface area contributed by atoms with Crippen LogP contribution in [-0.4, -0.2) is 24.3 Å². The third kappa shape index (κ3) is 3.86. The van der Waals surface area contributed by atoms with Crippen molar-refractivity contribution in [2.45, 2.75) is 45.1 Å². The number of rotatable bonds is 7. The highest BCUT2D eigenvalue weighted by molar-refractivity contribution is 5.68. The standard InChI is InChI=1S/C16H21FO4/c1-9(2)21-15-6-12(13(17)8-14(15)20-3)11(7-16(18)19)10-4-5-10/h6,8-11H,4-5,7H2,1-3H3,(H,18,19). The first-order chi connectivity index (χ1) is 9.92. The molecule has 0 aromatic heterocycles. The first-order valence-electron chi connectivity index (χ1n) is 7.18. The summed E-state index contributed by atoms with van der Waals surface area (Å²) in [6, 6.07) is 2.88. The Morgan fingerprint density at radius 2 is 2.05 bits per heavy atom. The molecule has 4 nitrogen and oxygen atoms in total. The summed E-state index contributed by atoms with van der Waals surface area (Å²) in [6.45, 7) is 3.75. The summed E-state index contributed by atoms with van der Waals surface area (Å²) in [5.74, 6) is -0.608. The van der Waals surface area contributed by atoms with Crippen LogP contribution in [0.2, 0.25) is 0 Å². The molecule has 1 aromatic rings. The van der Waals surface area contributed by atoms with Gasteiger partial charge in [-0.1, -0.05) is 0 Å². The molecular formula is C16H21FO4. The van der Waals surface area contributed by atoms with Crippen LogP contribution in [0, 0.1) is 11.7 Å². The Kier molecular flexibility index (Phi) is 4.70. The highest BCUT2D eigenvalue weighted by Crippen LogP contribution is 2.47. The summed E-state index contributed by atoms with van der Waals surface area (Å²) >= 11 is 0. The predicted molar refractivity (Wildman–Crippen MR) is 76.4 cm³/mol. The molecule has 0 bridgehead atoms. The Hall–Kier alpha value is -1.78. The molecule has 1 fully saturated rings. The van der Waals surface area contributed by atoms with Gasteiger partial charge < -0.3 is 14.6 Å². The molecular weight excluding hydrogens is 275 g/mol. The van der Waals surface area contributed by atoms with Crippen molar-refractivity contribution in [1.29, 1.82) is 0 Å². The Morgan fingerprint density at radius 1 is 1.38 bits per heavy atom. The molecule has 2 rings (SSSR count). The second-order valence-electron chi connectivity index (χ2n) is 5.73. The molecule has 1 aliphatic rings. The largest absolute Gasteiger partial charge is 0.493 e. The van der Waals surface area contributed by atoms with Gasteiger partial charge in [-0.3, -0.25) is 4.79 Å². The summed E-state index contributed by atoms with van der Waals surface area (Å²) in [6.07, 6.45) is 1.76. The van der Waals surface area contributed by atoms with Gasteiger partial charge >= 0.3 is 5.97 Å². The van der Waals surface area contributed by atoms with E-state index in [9.17, 15) is 9.18 Å². The number of aliphatic carboxylic acids is 1. The van der Waals surface area contributed by atoms with Crippen molar-refractivity contribution in [3.8, 4) is 11.5 Å². The quantitative estimate of drug-likeness (QED) is 0.835. The summed E-state index contributed by atoms with van der Waals surface area (Å²) in [5.41, 5.74) is 0.413. The maximum absolute atomic E-state index is 14.3. The minimum atomic E-state index is -0.909. The van der Waals surface area contributed by atoms with Crippen molar-refractivity contribution in [2.24, 2.45) is 5.92 Å². The molecule has 0 amide bonds. The van der Waals surface area contributed by atoms with Gasteiger partial charge in [0.05, 0.1) is 19.6 Å². The number of ether oxygens (including phenoxy) is 2. The van der Waals surface area contributed by atoms with Gasteiger partial charge in [-0.25, -0.2) is 4.39 Å². The number of hydrogen-bond acceptors (Lipinski definition) is 3. The van der Waals surface area contributed by atoms with Gasteiger partial charge in [0.25, 0.3) is 0 Å². The van der Waals surface area contributed by atoms with Crippen molar-refractivity contribution in [3.05, 3.63) is 23.5 Å². The molecule has 116 valence electrons. The van der Waals surface area contributed by atoms with E-state index in [1.165, 1.54) is 13.2 Å². The molecule has 21 heavy (non-hydrogen) atoms. The van der Waals surface area contributed by atoms with Crippen molar-refractivity contribution in [2.75, 3.05) is 7.11 Å². The summed E-state index contributed by atoms with van der Waals surface area (Å²) < 4.78 is 25.1. The van der Waals surface area contributed by atoms with E-state index in [1.54, 1.807) is 6.07 Å². The molecule has 1 atom stereocenters. The van der Waals surface area contributed by atoms with Crippen LogP contribution in [0.25, 0.3) is 0 Å². The number of carbonyl (C=O) groups is 1. The van der Waals surface area contributed by atoms with E-state index in [2.05, 4.69) is 0 Å². The molecule has 0 radical (unpaired) electrons. The second-order valence-corrected chi connectivity index (χ2v) is 5.73. The fourth-order valence-electron chi connectivity index (χ4n) is 2.56. The average Bonchev–Trinajstić information content (AvgIpc) is 3.21. The molecule has 0 saturated heterocycles. The molecule has 1 N–H and O–H groups in total. The number of hydrogen-bond donors (Lipinski definition) is 1. The number of halogens is 1. The normalized spacial score (nSPS) is 15.9. The van der Waals surface area contributed by atoms with Gasteiger partial charge in [0, 0.05) is 12.0 Å². The van der Waals surface area contributed by atoms with Gasteiger partial charge in [-0.15, -0.1) is 0 Å². The number of carboxylic acids is 1. The lowest BCUT2D eigenvalue weighted by Gasteiger charge is -2.20. The van der Waals surface area contributed by atoms with Gasteiger partial charge in [-0.2, -0.15) is 0 Å². The predicted octanol–water partition coefficient (Wildman–Crippen LogP) is 3.59. The van der Waals surface area contributed by atoms with Crippen LogP contribution in [0.1, 0.15) is 44.6 Å². The van der Waals surface area contributed by atoms with Gasteiger partial charge in [0.1, 0.15) is 5.82 Å². The van der Waals surface area contributed by atoms with Gasteiger partial charge in [-0.05, 0) is 44.2 Å². The van der Waals surface area contributed by atoms with Crippen LogP contribution < -0.4 is 9.47 Å². The first kappa shape index (κ1) is 15.6. The molecule has 1 unspecified atom stereocenters. The van der Waals surface area contributed by atoms with Crippen LogP contribution in [0.3, 0.4) is 0 Å². The molecule has 1 aromatic carbocycles. The van der Waals surface area contributed by atoms with Crippen LogP contribution in [0.15, 0.2) is 12.1 Å². The Balaban J connectivity index is 2.38. The average molecular weight is 296 g/mol. The summed E-state index contributed by atoms with van der Waals surface area (Å²) in [5, 5.41) is 9.05. The van der Waals surface area contributed by atoms with Crippen LogP contribution in [0.4, 0.5) is 4.39 Å². The third-order valence-electron chi connectivity index (χ3n) is 3.63. The minimum absolute atomic E-state index is 0.0605. The monoisotopic (exact) mass is 296 g/mol. The number of methoxy groups -OCH3 is 1. The molecule has 0 heterocycles. The van der Waals surface area contributed by atoms with E-state index in [0.717, 1.165) is 12.8 Å². The SMILES string of the molecule is COc1cc(F)c(C(CC(=O)O)C2CC2)cc1OC(C)C. The Bertz CT molecular complexity index is 523. The highest BCUT2D eigenvalue weighted by Gasteiger charge is 2.36. The number of carboxylic acid groups (broad SMARTS) is 1. The smallest absolute Gasteiger partial charge is 0.303 e. The first-order valence-corrected chi connectivity index (χ1v) is 7.18. The lowest BCUT2D eigenvalue weighted by atomic mass is 9.90. The van der Waals surface area contributed by atoms with Gasteiger partial charge in [0.15, 0.2) is 11.5 Å². The lowest BCUT2D eigenvalue weighted by molar-refractivity contribution is -0.137. The second kappa shape index (κ2) is 6.33. The maximum atomic E-state index is 14.3. The lowest BCUT2D eigenvalue weighted by Crippen LogP contribution is -2.12. The molecule has 0 spiro atoms. The Labute approximate surface area is 123 Å². The van der Waals surface area contributed by atoms with E-state index in [1.807, 2.05) is 13.8 Å². The Morgan fingerprint density at radius 3 is 2.52 bits per heavy atom. The van der Waals surface area contributed by atoms with Gasteiger partial charge in [0.2, 0.25) is 0 Å².